The fourth-order valence-electron chi connectivity index (χ4n) is 1.60. The fourth-order valence-corrected chi connectivity index (χ4v) is 2.93. The lowest BCUT2D eigenvalue weighted by Crippen LogP contribution is -2.35. The van der Waals surface area contributed by atoms with Crippen molar-refractivity contribution < 1.29 is 4.39 Å². The quantitative estimate of drug-likeness (QED) is 0.749. The number of nitrogens with one attached hydrogen (secondary N) is 1. The van der Waals surface area contributed by atoms with Crippen molar-refractivity contribution in [3.8, 4) is 0 Å². The van der Waals surface area contributed by atoms with Crippen LogP contribution in [0.5, 0.6) is 0 Å². The number of rotatable bonds is 6. The number of thioether (sulfide) groups is 1. The van der Waals surface area contributed by atoms with Crippen molar-refractivity contribution in [2.24, 2.45) is 5.92 Å². The van der Waals surface area contributed by atoms with Crippen LogP contribution in [-0.2, 0) is 6.54 Å². The van der Waals surface area contributed by atoms with Gasteiger partial charge in [-0.25, -0.2) is 4.39 Å². The zero-order valence-corrected chi connectivity index (χ0v) is 13.5. The highest BCUT2D eigenvalue weighted by Crippen LogP contribution is 2.26. The maximum Gasteiger partial charge on any atom is 0.128 e. The van der Waals surface area contributed by atoms with Crippen LogP contribution < -0.4 is 5.32 Å². The predicted molar refractivity (Wildman–Crippen MR) is 83.2 cm³/mol. The molecule has 1 nitrogen and oxygen atoms in total. The molecule has 0 aliphatic carbocycles. The molecule has 1 aromatic rings. The Bertz CT molecular complexity index is 396. The predicted octanol–water partition coefficient (Wildman–Crippen LogP) is 4.85. The molecule has 0 fully saturated rings. The van der Waals surface area contributed by atoms with Gasteiger partial charge in [-0.1, -0.05) is 19.9 Å². The third-order valence-corrected chi connectivity index (χ3v) is 3.96. The zero-order chi connectivity index (χ0) is 14.5. The molecule has 1 rings (SSSR count). The van der Waals surface area contributed by atoms with E-state index in [1.165, 1.54) is 0 Å². The van der Waals surface area contributed by atoms with Crippen LogP contribution in [-0.4, -0.2) is 11.3 Å². The van der Waals surface area contributed by atoms with Gasteiger partial charge < -0.3 is 5.32 Å². The van der Waals surface area contributed by atoms with E-state index in [1.807, 2.05) is 6.07 Å². The summed E-state index contributed by atoms with van der Waals surface area (Å²) in [5.41, 5.74) is 0.800. The van der Waals surface area contributed by atoms with Crippen molar-refractivity contribution in [2.75, 3.05) is 5.75 Å². The summed E-state index contributed by atoms with van der Waals surface area (Å²) in [4.78, 5) is 1.07. The maximum atomic E-state index is 14.0. The van der Waals surface area contributed by atoms with E-state index >= 15 is 0 Å². The molecule has 0 aromatic heterocycles. The Kier molecular flexibility index (Phi) is 6.34. The van der Waals surface area contributed by atoms with Gasteiger partial charge in [-0.05, 0) is 51.0 Å². The average Bonchev–Trinajstić information content (AvgIpc) is 2.26. The van der Waals surface area contributed by atoms with Gasteiger partial charge in [0.05, 0.1) is 0 Å². The molecule has 0 spiro atoms. The van der Waals surface area contributed by atoms with E-state index in [9.17, 15) is 4.39 Å². The van der Waals surface area contributed by atoms with E-state index in [-0.39, 0.29) is 11.4 Å². The molecule has 19 heavy (non-hydrogen) atoms. The standard InChI is InChI=1S/C16H26FNS/c1-12(2)9-10-19-15-8-6-7-14(17)13(15)11-18-16(3,4)5/h6-8,12,18H,9-11H2,1-5H3. The smallest absolute Gasteiger partial charge is 0.128 e. The van der Waals surface area contributed by atoms with Crippen molar-refractivity contribution in [2.45, 2.75) is 58.0 Å². The summed E-state index contributed by atoms with van der Waals surface area (Å²) in [5, 5.41) is 3.37. The van der Waals surface area contributed by atoms with Gasteiger partial charge in [0.15, 0.2) is 0 Å². The van der Waals surface area contributed by atoms with Crippen molar-refractivity contribution >= 4 is 11.8 Å². The highest BCUT2D eigenvalue weighted by atomic mass is 32.2. The lowest BCUT2D eigenvalue weighted by atomic mass is 10.1. The van der Waals surface area contributed by atoms with E-state index in [0.717, 1.165) is 22.6 Å². The molecule has 0 amide bonds. The van der Waals surface area contributed by atoms with Gasteiger partial charge in [0, 0.05) is 22.5 Å². The molecule has 1 aromatic carbocycles. The van der Waals surface area contributed by atoms with Crippen molar-refractivity contribution in [3.05, 3.63) is 29.6 Å². The number of benzene rings is 1. The molecule has 0 saturated carbocycles. The van der Waals surface area contributed by atoms with Crippen LogP contribution in [0.15, 0.2) is 23.1 Å². The Morgan fingerprint density at radius 1 is 1.26 bits per heavy atom. The summed E-state index contributed by atoms with van der Waals surface area (Å²) in [6, 6.07) is 5.37. The van der Waals surface area contributed by atoms with Gasteiger partial charge in [-0.15, -0.1) is 11.8 Å². The highest BCUT2D eigenvalue weighted by molar-refractivity contribution is 7.99. The normalized spacial score (nSPS) is 12.2. The van der Waals surface area contributed by atoms with E-state index in [4.69, 9.17) is 0 Å². The number of hydrogen-bond acceptors (Lipinski definition) is 2. The topological polar surface area (TPSA) is 12.0 Å². The van der Waals surface area contributed by atoms with E-state index in [2.05, 4.69) is 39.9 Å². The molecule has 0 aliphatic rings. The lowest BCUT2D eigenvalue weighted by molar-refractivity contribution is 0.416. The monoisotopic (exact) mass is 283 g/mol. The molecule has 1 N–H and O–H groups in total. The van der Waals surface area contributed by atoms with Crippen LogP contribution in [0.25, 0.3) is 0 Å². The lowest BCUT2D eigenvalue weighted by Gasteiger charge is -2.22. The Hall–Kier alpha value is -0.540. The van der Waals surface area contributed by atoms with Gasteiger partial charge in [0.25, 0.3) is 0 Å². The first-order chi connectivity index (χ1) is 8.79. The second kappa shape index (κ2) is 7.30. The second-order valence-electron chi connectivity index (χ2n) is 6.35. The Morgan fingerprint density at radius 2 is 1.95 bits per heavy atom. The highest BCUT2D eigenvalue weighted by Gasteiger charge is 2.13. The van der Waals surface area contributed by atoms with Crippen molar-refractivity contribution in [1.29, 1.82) is 0 Å². The molecule has 3 heteroatoms. The Labute approximate surface area is 121 Å². The van der Waals surface area contributed by atoms with E-state index < -0.39 is 0 Å². The van der Waals surface area contributed by atoms with Crippen LogP contribution in [0.2, 0.25) is 0 Å². The zero-order valence-electron chi connectivity index (χ0n) is 12.7. The van der Waals surface area contributed by atoms with E-state index in [0.29, 0.717) is 12.5 Å². The van der Waals surface area contributed by atoms with Crippen LogP contribution >= 0.6 is 11.8 Å². The van der Waals surface area contributed by atoms with Crippen molar-refractivity contribution in [1.82, 2.24) is 5.32 Å². The summed E-state index contributed by atoms with van der Waals surface area (Å²) in [6.45, 7) is 11.3. The molecule has 0 saturated heterocycles. The third kappa shape index (κ3) is 6.44. The Morgan fingerprint density at radius 3 is 2.53 bits per heavy atom. The summed E-state index contributed by atoms with van der Waals surface area (Å²) < 4.78 is 14.0. The molecule has 0 heterocycles. The summed E-state index contributed by atoms with van der Waals surface area (Å²) in [7, 11) is 0. The summed E-state index contributed by atoms with van der Waals surface area (Å²) >= 11 is 1.76. The first kappa shape index (κ1) is 16.5. The first-order valence-electron chi connectivity index (χ1n) is 6.95. The molecule has 0 aliphatic heterocycles. The number of halogens is 1. The maximum absolute atomic E-state index is 14.0. The molecular weight excluding hydrogens is 257 g/mol. The minimum absolute atomic E-state index is 0.00213. The minimum atomic E-state index is -0.105. The second-order valence-corrected chi connectivity index (χ2v) is 7.49. The summed E-state index contributed by atoms with van der Waals surface area (Å²) in [6.07, 6.45) is 1.16. The molecule has 108 valence electrons. The molecular formula is C16H26FNS. The first-order valence-corrected chi connectivity index (χ1v) is 7.93. The van der Waals surface area contributed by atoms with Gasteiger partial charge in [-0.3, -0.25) is 0 Å². The van der Waals surface area contributed by atoms with Crippen LogP contribution in [0.3, 0.4) is 0 Å². The SMILES string of the molecule is CC(C)CCSc1cccc(F)c1CNC(C)(C)C. The molecule has 0 unspecified atom stereocenters. The van der Waals surface area contributed by atoms with Gasteiger partial charge in [0.2, 0.25) is 0 Å². The van der Waals surface area contributed by atoms with Crippen LogP contribution in [0, 0.1) is 11.7 Å². The fraction of sp³-hybridized carbons (Fsp3) is 0.625. The Balaban J connectivity index is 2.72. The summed E-state index contributed by atoms with van der Waals surface area (Å²) in [5.74, 6) is 1.63. The van der Waals surface area contributed by atoms with E-state index in [1.54, 1.807) is 23.9 Å². The molecule has 0 bridgehead atoms. The third-order valence-electron chi connectivity index (χ3n) is 2.82. The molecule has 0 atom stereocenters. The van der Waals surface area contributed by atoms with Crippen LogP contribution in [0.1, 0.15) is 46.6 Å². The van der Waals surface area contributed by atoms with Gasteiger partial charge >= 0.3 is 0 Å². The average molecular weight is 283 g/mol. The number of hydrogen-bond donors (Lipinski definition) is 1. The molecule has 0 radical (unpaired) electrons. The van der Waals surface area contributed by atoms with Gasteiger partial charge in [-0.2, -0.15) is 0 Å². The largest absolute Gasteiger partial charge is 0.308 e. The van der Waals surface area contributed by atoms with Gasteiger partial charge in [0.1, 0.15) is 5.82 Å². The van der Waals surface area contributed by atoms with Crippen LogP contribution in [0.4, 0.5) is 4.39 Å². The minimum Gasteiger partial charge on any atom is -0.308 e. The van der Waals surface area contributed by atoms with Crippen molar-refractivity contribution in [3.63, 3.8) is 0 Å².